The highest BCUT2D eigenvalue weighted by Gasteiger charge is 2.25. The summed E-state index contributed by atoms with van der Waals surface area (Å²) in [4.78, 5) is 4.56. The van der Waals surface area contributed by atoms with Gasteiger partial charge in [-0.15, -0.1) is 0 Å². The number of benzene rings is 1. The monoisotopic (exact) mass is 391 g/mol. The second-order valence-corrected chi connectivity index (χ2v) is 8.09. The summed E-state index contributed by atoms with van der Waals surface area (Å²) >= 11 is 0. The molecule has 1 atom stereocenters. The summed E-state index contributed by atoms with van der Waals surface area (Å²) in [6.45, 7) is 5.22. The molecule has 3 rings (SSSR count). The second kappa shape index (κ2) is 10.3. The van der Waals surface area contributed by atoms with Crippen molar-refractivity contribution in [3.8, 4) is 22.9 Å². The SMILES string of the molecule is CCCCCCCOc1ccc(-c2c(C#N)c(N)nc3c2CC(CC)CC3)cc1. The number of hydrogen-bond donors (Lipinski definition) is 1. The molecule has 1 heterocycles. The molecule has 2 aromatic rings. The summed E-state index contributed by atoms with van der Waals surface area (Å²) in [6.07, 6.45) is 10.4. The van der Waals surface area contributed by atoms with Gasteiger partial charge in [-0.2, -0.15) is 5.26 Å². The second-order valence-electron chi connectivity index (χ2n) is 8.09. The minimum atomic E-state index is 0.351. The van der Waals surface area contributed by atoms with E-state index in [2.05, 4.69) is 37.0 Å². The van der Waals surface area contributed by atoms with Crippen LogP contribution in [0.25, 0.3) is 11.1 Å². The molecule has 0 spiro atoms. The van der Waals surface area contributed by atoms with Crippen molar-refractivity contribution in [2.75, 3.05) is 12.3 Å². The fraction of sp³-hybridized carbons (Fsp3) is 0.520. The largest absolute Gasteiger partial charge is 0.494 e. The highest BCUT2D eigenvalue weighted by atomic mass is 16.5. The van der Waals surface area contributed by atoms with Gasteiger partial charge < -0.3 is 10.5 Å². The Labute approximate surface area is 175 Å². The number of aromatic nitrogens is 1. The van der Waals surface area contributed by atoms with E-state index in [9.17, 15) is 5.26 Å². The molecule has 154 valence electrons. The standard InChI is InChI=1S/C25H33N3O/c1-3-5-6-7-8-15-29-20-12-10-19(11-13-20)24-21-16-18(4-2)9-14-23(21)28-25(27)22(24)17-26/h10-13,18H,3-9,14-16H2,1-2H3,(H2,27,28). The van der Waals surface area contributed by atoms with Crippen molar-refractivity contribution in [3.05, 3.63) is 41.1 Å². The van der Waals surface area contributed by atoms with E-state index in [-0.39, 0.29) is 0 Å². The van der Waals surface area contributed by atoms with Crippen LogP contribution >= 0.6 is 0 Å². The summed E-state index contributed by atoms with van der Waals surface area (Å²) in [7, 11) is 0. The van der Waals surface area contributed by atoms with Crippen LogP contribution < -0.4 is 10.5 Å². The van der Waals surface area contributed by atoms with Crippen molar-refractivity contribution in [2.24, 2.45) is 5.92 Å². The zero-order valence-electron chi connectivity index (χ0n) is 17.8. The van der Waals surface area contributed by atoms with Gasteiger partial charge in [0.15, 0.2) is 0 Å². The smallest absolute Gasteiger partial charge is 0.142 e. The average Bonchev–Trinajstić information content (AvgIpc) is 2.75. The third-order valence-corrected chi connectivity index (χ3v) is 6.04. The van der Waals surface area contributed by atoms with Crippen LogP contribution in [0.3, 0.4) is 0 Å². The Morgan fingerprint density at radius 3 is 2.59 bits per heavy atom. The first-order chi connectivity index (χ1) is 14.2. The number of hydrogen-bond acceptors (Lipinski definition) is 4. The maximum Gasteiger partial charge on any atom is 0.142 e. The van der Waals surface area contributed by atoms with Crippen LogP contribution in [0.5, 0.6) is 5.75 Å². The molecule has 0 saturated heterocycles. The average molecular weight is 392 g/mol. The molecule has 0 fully saturated rings. The predicted molar refractivity (Wildman–Crippen MR) is 119 cm³/mol. The highest BCUT2D eigenvalue weighted by Crippen LogP contribution is 2.38. The van der Waals surface area contributed by atoms with Crippen LogP contribution in [0, 0.1) is 17.2 Å². The van der Waals surface area contributed by atoms with E-state index >= 15 is 0 Å². The van der Waals surface area contributed by atoms with Crippen LogP contribution in [-0.4, -0.2) is 11.6 Å². The van der Waals surface area contributed by atoms with Crippen LogP contribution in [0.15, 0.2) is 24.3 Å². The lowest BCUT2D eigenvalue weighted by molar-refractivity contribution is 0.304. The molecule has 0 saturated carbocycles. The molecule has 0 bridgehead atoms. The molecule has 1 aromatic heterocycles. The molecular formula is C25H33N3O. The summed E-state index contributed by atoms with van der Waals surface area (Å²) < 4.78 is 5.90. The van der Waals surface area contributed by atoms with Gasteiger partial charge in [0, 0.05) is 11.3 Å². The van der Waals surface area contributed by atoms with Gasteiger partial charge in [-0.05, 0) is 54.9 Å². The number of pyridine rings is 1. The molecule has 1 unspecified atom stereocenters. The Balaban J connectivity index is 1.79. The number of nitrogens with zero attached hydrogens (tertiary/aromatic N) is 2. The maximum absolute atomic E-state index is 9.75. The summed E-state index contributed by atoms with van der Waals surface area (Å²) in [5.74, 6) is 1.88. The first-order valence-electron chi connectivity index (χ1n) is 11.1. The number of nitriles is 1. The van der Waals surface area contributed by atoms with Gasteiger partial charge in [-0.1, -0.05) is 58.1 Å². The first-order valence-corrected chi connectivity index (χ1v) is 11.1. The van der Waals surface area contributed by atoms with E-state index in [4.69, 9.17) is 10.5 Å². The Hall–Kier alpha value is -2.54. The van der Waals surface area contributed by atoms with Crippen LogP contribution in [0.2, 0.25) is 0 Å². The Morgan fingerprint density at radius 2 is 1.90 bits per heavy atom. The lowest BCUT2D eigenvalue weighted by Crippen LogP contribution is -2.18. The van der Waals surface area contributed by atoms with E-state index < -0.39 is 0 Å². The Morgan fingerprint density at radius 1 is 1.14 bits per heavy atom. The Kier molecular flexibility index (Phi) is 7.52. The minimum Gasteiger partial charge on any atom is -0.494 e. The van der Waals surface area contributed by atoms with Crippen molar-refractivity contribution in [1.82, 2.24) is 4.98 Å². The quantitative estimate of drug-likeness (QED) is 0.527. The number of fused-ring (bicyclic) bond motifs is 1. The van der Waals surface area contributed by atoms with Gasteiger partial charge >= 0.3 is 0 Å². The Bertz CT molecular complexity index is 852. The topological polar surface area (TPSA) is 71.9 Å². The maximum atomic E-state index is 9.75. The molecule has 0 aliphatic heterocycles. The van der Waals surface area contributed by atoms with Gasteiger partial charge in [-0.3, -0.25) is 0 Å². The number of anilines is 1. The van der Waals surface area contributed by atoms with Crippen molar-refractivity contribution < 1.29 is 4.74 Å². The van der Waals surface area contributed by atoms with E-state index in [1.807, 2.05) is 12.1 Å². The molecule has 2 N–H and O–H groups in total. The third-order valence-electron chi connectivity index (χ3n) is 6.04. The van der Waals surface area contributed by atoms with Gasteiger partial charge in [0.1, 0.15) is 23.2 Å². The van der Waals surface area contributed by atoms with E-state index in [1.54, 1.807) is 0 Å². The number of aryl methyl sites for hydroxylation is 1. The molecule has 1 aliphatic rings. The van der Waals surface area contributed by atoms with Crippen LogP contribution in [0.1, 0.15) is 75.6 Å². The van der Waals surface area contributed by atoms with Crippen LogP contribution in [-0.2, 0) is 12.8 Å². The normalized spacial score (nSPS) is 15.6. The van der Waals surface area contributed by atoms with Gasteiger partial charge in [0.05, 0.1) is 6.61 Å². The highest BCUT2D eigenvalue weighted by molar-refractivity contribution is 5.79. The van der Waals surface area contributed by atoms with Gasteiger partial charge in [0.25, 0.3) is 0 Å². The molecule has 0 amide bonds. The summed E-state index contributed by atoms with van der Waals surface area (Å²) in [5, 5.41) is 9.75. The van der Waals surface area contributed by atoms with E-state index in [1.165, 1.54) is 31.2 Å². The minimum absolute atomic E-state index is 0.351. The predicted octanol–water partition coefficient (Wildman–Crippen LogP) is 6.07. The fourth-order valence-corrected chi connectivity index (χ4v) is 4.24. The number of nitrogens with two attached hydrogens (primary N) is 1. The van der Waals surface area contributed by atoms with Crippen molar-refractivity contribution in [3.63, 3.8) is 0 Å². The van der Waals surface area contributed by atoms with Gasteiger partial charge in [-0.25, -0.2) is 4.98 Å². The number of unbranched alkanes of at least 4 members (excludes halogenated alkanes) is 4. The third kappa shape index (κ3) is 5.09. The summed E-state index contributed by atoms with van der Waals surface area (Å²) in [6, 6.07) is 10.4. The summed E-state index contributed by atoms with van der Waals surface area (Å²) in [5.41, 5.74) is 10.9. The van der Waals surface area contributed by atoms with Crippen LogP contribution in [0.4, 0.5) is 5.82 Å². The molecule has 4 nitrogen and oxygen atoms in total. The zero-order chi connectivity index (χ0) is 20.6. The number of nitrogen functional groups attached to an aromatic ring is 1. The molecule has 1 aromatic carbocycles. The lowest BCUT2D eigenvalue weighted by atomic mass is 9.80. The molecule has 29 heavy (non-hydrogen) atoms. The first kappa shape index (κ1) is 21.2. The molecule has 4 heteroatoms. The number of rotatable bonds is 9. The van der Waals surface area contributed by atoms with E-state index in [0.29, 0.717) is 17.3 Å². The fourth-order valence-electron chi connectivity index (χ4n) is 4.24. The number of ether oxygens (including phenoxy) is 1. The van der Waals surface area contributed by atoms with Crippen molar-refractivity contribution >= 4 is 5.82 Å². The van der Waals surface area contributed by atoms with Crippen molar-refractivity contribution in [1.29, 1.82) is 5.26 Å². The van der Waals surface area contributed by atoms with Crippen molar-refractivity contribution in [2.45, 2.75) is 71.6 Å². The van der Waals surface area contributed by atoms with Gasteiger partial charge in [0.2, 0.25) is 0 Å². The molecular weight excluding hydrogens is 358 g/mol. The lowest BCUT2D eigenvalue weighted by Gasteiger charge is -2.26. The zero-order valence-corrected chi connectivity index (χ0v) is 17.8. The molecule has 0 radical (unpaired) electrons. The molecule has 1 aliphatic carbocycles. The van der Waals surface area contributed by atoms with E-state index in [0.717, 1.165) is 61.3 Å².